The van der Waals surface area contributed by atoms with E-state index < -0.39 is 0 Å². The van der Waals surface area contributed by atoms with Crippen molar-refractivity contribution in [2.75, 3.05) is 0 Å². The molecular weight excluding hydrogens is 220 g/mol. The van der Waals surface area contributed by atoms with Gasteiger partial charge in [0.2, 0.25) is 0 Å². The van der Waals surface area contributed by atoms with Gasteiger partial charge in [0.25, 0.3) is 0 Å². The van der Waals surface area contributed by atoms with Gasteiger partial charge in [0.05, 0.1) is 5.69 Å². The molecular formula is C16H14N2. The summed E-state index contributed by atoms with van der Waals surface area (Å²) in [7, 11) is 0. The van der Waals surface area contributed by atoms with Crippen molar-refractivity contribution in [1.82, 2.24) is 9.97 Å². The standard InChI is InChI=1S/C16H14N2/c1-11-3-4-14-10-15(6-5-13(14)9-11)16-7-8-17-12(2)18-16/h3-10H,1-2H3. The Labute approximate surface area is 106 Å². The molecule has 3 rings (SSSR count). The highest BCUT2D eigenvalue weighted by molar-refractivity contribution is 5.87. The third-order valence-electron chi connectivity index (χ3n) is 3.07. The Morgan fingerprint density at radius 3 is 2.44 bits per heavy atom. The lowest BCUT2D eigenvalue weighted by Crippen LogP contribution is -1.89. The summed E-state index contributed by atoms with van der Waals surface area (Å²) in [5.41, 5.74) is 3.40. The van der Waals surface area contributed by atoms with Gasteiger partial charge in [0.1, 0.15) is 5.82 Å². The molecule has 2 heteroatoms. The van der Waals surface area contributed by atoms with E-state index >= 15 is 0 Å². The topological polar surface area (TPSA) is 25.8 Å². The van der Waals surface area contributed by atoms with Crippen LogP contribution in [0.1, 0.15) is 11.4 Å². The van der Waals surface area contributed by atoms with Crippen molar-refractivity contribution >= 4 is 10.8 Å². The van der Waals surface area contributed by atoms with Crippen molar-refractivity contribution in [1.29, 1.82) is 0 Å². The fourth-order valence-electron chi connectivity index (χ4n) is 2.14. The molecule has 1 aromatic heterocycles. The Hall–Kier alpha value is -2.22. The van der Waals surface area contributed by atoms with E-state index in [1.54, 1.807) is 6.20 Å². The average molecular weight is 234 g/mol. The number of rotatable bonds is 1. The van der Waals surface area contributed by atoms with E-state index in [9.17, 15) is 0 Å². The van der Waals surface area contributed by atoms with Crippen molar-refractivity contribution < 1.29 is 0 Å². The molecule has 3 aromatic rings. The molecule has 2 nitrogen and oxygen atoms in total. The summed E-state index contributed by atoms with van der Waals surface area (Å²) < 4.78 is 0. The van der Waals surface area contributed by atoms with Gasteiger partial charge in [-0.25, -0.2) is 9.97 Å². The first-order valence-electron chi connectivity index (χ1n) is 6.03. The maximum Gasteiger partial charge on any atom is 0.125 e. The highest BCUT2D eigenvalue weighted by Crippen LogP contribution is 2.23. The van der Waals surface area contributed by atoms with E-state index in [2.05, 4.69) is 53.3 Å². The second-order valence-electron chi connectivity index (χ2n) is 4.55. The Kier molecular flexibility index (Phi) is 2.56. The minimum absolute atomic E-state index is 0.802. The van der Waals surface area contributed by atoms with Crippen LogP contribution in [0.2, 0.25) is 0 Å². The van der Waals surface area contributed by atoms with Gasteiger partial charge in [0, 0.05) is 11.8 Å². The van der Waals surface area contributed by atoms with E-state index in [0.29, 0.717) is 0 Å². The smallest absolute Gasteiger partial charge is 0.125 e. The molecule has 0 bridgehead atoms. The number of nitrogens with zero attached hydrogens (tertiary/aromatic N) is 2. The lowest BCUT2D eigenvalue weighted by Gasteiger charge is -2.04. The van der Waals surface area contributed by atoms with Gasteiger partial charge in [-0.05, 0) is 36.8 Å². The zero-order valence-corrected chi connectivity index (χ0v) is 10.5. The molecule has 1 heterocycles. The predicted octanol–water partition coefficient (Wildman–Crippen LogP) is 3.91. The van der Waals surface area contributed by atoms with Crippen molar-refractivity contribution in [3.63, 3.8) is 0 Å². The van der Waals surface area contributed by atoms with Crippen LogP contribution in [0.4, 0.5) is 0 Å². The van der Waals surface area contributed by atoms with Gasteiger partial charge in [0.15, 0.2) is 0 Å². The summed E-state index contributed by atoms with van der Waals surface area (Å²) >= 11 is 0. The predicted molar refractivity (Wildman–Crippen MR) is 74.4 cm³/mol. The molecule has 18 heavy (non-hydrogen) atoms. The van der Waals surface area contributed by atoms with Crippen molar-refractivity contribution in [2.45, 2.75) is 13.8 Å². The van der Waals surface area contributed by atoms with Crippen LogP contribution in [0.3, 0.4) is 0 Å². The molecule has 0 amide bonds. The summed E-state index contributed by atoms with van der Waals surface area (Å²) in [5, 5.41) is 2.51. The van der Waals surface area contributed by atoms with Gasteiger partial charge in [-0.1, -0.05) is 35.9 Å². The molecule has 0 saturated carbocycles. The summed E-state index contributed by atoms with van der Waals surface area (Å²) in [4.78, 5) is 8.58. The zero-order valence-electron chi connectivity index (χ0n) is 10.5. The molecule has 2 aromatic carbocycles. The molecule has 0 N–H and O–H groups in total. The summed E-state index contributed by atoms with van der Waals surface area (Å²) in [6.45, 7) is 4.02. The molecule has 0 fully saturated rings. The summed E-state index contributed by atoms with van der Waals surface area (Å²) in [6, 6.07) is 14.9. The second kappa shape index (κ2) is 4.22. The first-order chi connectivity index (χ1) is 8.72. The monoisotopic (exact) mass is 234 g/mol. The third kappa shape index (κ3) is 1.97. The van der Waals surface area contributed by atoms with E-state index in [4.69, 9.17) is 0 Å². The Morgan fingerprint density at radius 1 is 0.833 bits per heavy atom. The molecule has 0 aliphatic rings. The van der Waals surface area contributed by atoms with E-state index in [0.717, 1.165) is 17.1 Å². The van der Waals surface area contributed by atoms with Crippen molar-refractivity contribution in [3.05, 3.63) is 60.0 Å². The number of aryl methyl sites for hydroxylation is 2. The molecule has 0 saturated heterocycles. The van der Waals surface area contributed by atoms with Crippen LogP contribution in [-0.2, 0) is 0 Å². The SMILES string of the molecule is Cc1ccc2cc(-c3ccnc(C)n3)ccc2c1. The zero-order chi connectivity index (χ0) is 12.5. The second-order valence-corrected chi connectivity index (χ2v) is 4.55. The molecule has 88 valence electrons. The molecule has 0 spiro atoms. The van der Waals surface area contributed by atoms with E-state index in [-0.39, 0.29) is 0 Å². The van der Waals surface area contributed by atoms with Crippen molar-refractivity contribution in [3.8, 4) is 11.3 Å². The maximum atomic E-state index is 4.46. The first kappa shape index (κ1) is 10.9. The van der Waals surface area contributed by atoms with Crippen LogP contribution >= 0.6 is 0 Å². The average Bonchev–Trinajstić information content (AvgIpc) is 2.38. The van der Waals surface area contributed by atoms with Crippen LogP contribution in [0, 0.1) is 13.8 Å². The first-order valence-corrected chi connectivity index (χ1v) is 6.03. The maximum absolute atomic E-state index is 4.46. The molecule has 0 radical (unpaired) electrons. The fourth-order valence-corrected chi connectivity index (χ4v) is 2.14. The quantitative estimate of drug-likeness (QED) is 0.638. The van der Waals surface area contributed by atoms with E-state index in [1.807, 2.05) is 13.0 Å². The molecule has 0 unspecified atom stereocenters. The number of aromatic nitrogens is 2. The fraction of sp³-hybridized carbons (Fsp3) is 0.125. The molecule has 0 aliphatic carbocycles. The number of fused-ring (bicyclic) bond motifs is 1. The van der Waals surface area contributed by atoms with Crippen LogP contribution in [-0.4, -0.2) is 9.97 Å². The van der Waals surface area contributed by atoms with Gasteiger partial charge >= 0.3 is 0 Å². The van der Waals surface area contributed by atoms with Gasteiger partial charge < -0.3 is 0 Å². The van der Waals surface area contributed by atoms with Gasteiger partial charge in [-0.2, -0.15) is 0 Å². The normalized spacial score (nSPS) is 10.8. The molecule has 0 atom stereocenters. The Bertz CT molecular complexity index is 717. The van der Waals surface area contributed by atoms with Crippen LogP contribution in [0.5, 0.6) is 0 Å². The van der Waals surface area contributed by atoms with Crippen LogP contribution in [0.25, 0.3) is 22.0 Å². The van der Waals surface area contributed by atoms with E-state index in [1.165, 1.54) is 16.3 Å². The van der Waals surface area contributed by atoms with Crippen LogP contribution in [0.15, 0.2) is 48.7 Å². The Morgan fingerprint density at radius 2 is 1.61 bits per heavy atom. The lowest BCUT2D eigenvalue weighted by molar-refractivity contribution is 1.06. The third-order valence-corrected chi connectivity index (χ3v) is 3.07. The van der Waals surface area contributed by atoms with Gasteiger partial charge in [-0.15, -0.1) is 0 Å². The number of benzene rings is 2. The van der Waals surface area contributed by atoms with Crippen LogP contribution < -0.4 is 0 Å². The Balaban J connectivity index is 2.16. The summed E-state index contributed by atoms with van der Waals surface area (Å²) in [6.07, 6.45) is 1.80. The largest absolute Gasteiger partial charge is 0.242 e. The highest BCUT2D eigenvalue weighted by Gasteiger charge is 2.01. The highest BCUT2D eigenvalue weighted by atomic mass is 14.9. The number of hydrogen-bond acceptors (Lipinski definition) is 2. The van der Waals surface area contributed by atoms with Crippen molar-refractivity contribution in [2.24, 2.45) is 0 Å². The lowest BCUT2D eigenvalue weighted by atomic mass is 10.0. The minimum atomic E-state index is 0.802. The summed E-state index contributed by atoms with van der Waals surface area (Å²) in [5.74, 6) is 0.802. The minimum Gasteiger partial charge on any atom is -0.242 e. The number of hydrogen-bond donors (Lipinski definition) is 0. The molecule has 0 aliphatic heterocycles. The van der Waals surface area contributed by atoms with Gasteiger partial charge in [-0.3, -0.25) is 0 Å².